The van der Waals surface area contributed by atoms with Crippen LogP contribution in [-0.4, -0.2) is 15.0 Å². The zero-order chi connectivity index (χ0) is 58.9. The molecule has 0 aliphatic rings. The average Bonchev–Trinajstić information content (AvgIpc) is 1.81. The van der Waals surface area contributed by atoms with Gasteiger partial charge in [0.1, 0.15) is 16.7 Å². The Morgan fingerprint density at radius 3 is 0.886 bits per heavy atom. The van der Waals surface area contributed by atoms with Crippen molar-refractivity contribution in [2.45, 2.75) is 78.6 Å². The number of nitrogens with zero attached hydrogens (tertiary/aromatic N) is 3. The maximum absolute atomic E-state index is 6.33. The van der Waals surface area contributed by atoms with Gasteiger partial charge >= 0.3 is 20.1 Å². The largest absolute Gasteiger partial charge is 3.00 e. The van der Waals surface area contributed by atoms with Gasteiger partial charge < -0.3 is 28.2 Å². The molecule has 0 fully saturated rings. The molecule has 0 N–H and O–H groups in total. The zero-order valence-corrected chi connectivity index (χ0v) is 52.2. The van der Waals surface area contributed by atoms with Crippen LogP contribution in [0.1, 0.15) is 76.0 Å². The van der Waals surface area contributed by atoms with Crippen molar-refractivity contribution in [3.63, 3.8) is 0 Å². The summed E-state index contributed by atoms with van der Waals surface area (Å²) in [4.78, 5) is 13.9. The second-order valence-electron chi connectivity index (χ2n) is 22.3. The summed E-state index contributed by atoms with van der Waals surface area (Å²) in [5, 5.41) is 6.78. The third-order valence-electron chi connectivity index (χ3n) is 16.3. The van der Waals surface area contributed by atoms with Crippen molar-refractivity contribution in [3.8, 4) is 67.2 Å². The molecule has 15 rings (SSSR count). The molecule has 0 atom stereocenters. The molecule has 0 unspecified atom stereocenters. The van der Waals surface area contributed by atoms with Gasteiger partial charge in [-0.3, -0.25) is 0 Å². The topological polar surface area (TPSA) is 78.1 Å². The van der Waals surface area contributed by atoms with Crippen LogP contribution in [0.3, 0.4) is 0 Å². The van der Waals surface area contributed by atoms with E-state index in [4.69, 9.17) is 13.3 Å². The summed E-state index contributed by atoms with van der Waals surface area (Å²) in [6.45, 7) is 6.66. The Morgan fingerprint density at radius 1 is 0.307 bits per heavy atom. The number of unbranched alkanes of at least 4 members (excludes halogenated alkanes) is 3. The third kappa shape index (κ3) is 12.7. The van der Waals surface area contributed by atoms with E-state index in [2.05, 4.69) is 218 Å². The number of benzene rings is 9. The second-order valence-corrected chi connectivity index (χ2v) is 22.3. The number of aromatic nitrogens is 3. The van der Waals surface area contributed by atoms with E-state index < -0.39 is 0 Å². The minimum absolute atomic E-state index is 0. The van der Waals surface area contributed by atoms with Gasteiger partial charge in [0.05, 0.1) is 16.7 Å². The van der Waals surface area contributed by atoms with Crippen molar-refractivity contribution in [2.75, 3.05) is 0 Å². The number of hydrogen-bond donors (Lipinski definition) is 0. The summed E-state index contributed by atoms with van der Waals surface area (Å²) >= 11 is 0. The molecule has 6 aromatic heterocycles. The Morgan fingerprint density at radius 2 is 0.602 bits per heavy atom. The molecule has 88 heavy (non-hydrogen) atoms. The zero-order valence-electron chi connectivity index (χ0n) is 49.8. The van der Waals surface area contributed by atoms with E-state index in [1.54, 1.807) is 0 Å². The van der Waals surface area contributed by atoms with Crippen LogP contribution in [0.4, 0.5) is 0 Å². The Labute approximate surface area is 528 Å². The molecular weight excluding hydrogens is 1260 g/mol. The quantitative estimate of drug-likeness (QED) is 0.0952. The monoisotopic (exact) mass is 1320 g/mol. The minimum atomic E-state index is 0. The molecule has 6 heterocycles. The number of fused-ring (bicyclic) bond motifs is 9. The fourth-order valence-electron chi connectivity index (χ4n) is 11.7. The Kier molecular flexibility index (Phi) is 18.4. The SMILES string of the molecule is CCCCc1ccc2c(c1)oc1c(-c3cc(-c4ccccc4)ccn3)[c-]ccc12.CCCCc1ccc2c(c1)oc1c(-c3cc(-c4ccccc4)ccn3)[c-]ccc12.CCCCc1ccc2c(c1)oc1c(-c3cc(-c4ccccc4)ccn3)[c-]ccc12.[Ir+3]. The van der Waals surface area contributed by atoms with Gasteiger partial charge in [-0.25, -0.2) is 0 Å². The van der Waals surface area contributed by atoms with Crippen molar-refractivity contribution in [1.29, 1.82) is 0 Å². The van der Waals surface area contributed by atoms with Crippen molar-refractivity contribution in [2.24, 2.45) is 0 Å². The minimum Gasteiger partial charge on any atom is -0.501 e. The smallest absolute Gasteiger partial charge is 0.501 e. The first-order valence-electron chi connectivity index (χ1n) is 30.6. The summed E-state index contributed by atoms with van der Waals surface area (Å²) in [6.07, 6.45) is 16.0. The summed E-state index contributed by atoms with van der Waals surface area (Å²) < 4.78 is 19.0. The van der Waals surface area contributed by atoms with E-state index in [0.29, 0.717) is 0 Å². The molecular formula is C81H66IrN3O3. The van der Waals surface area contributed by atoms with E-state index >= 15 is 0 Å². The number of rotatable bonds is 15. The Bertz CT molecular complexity index is 4350. The molecule has 0 saturated heterocycles. The van der Waals surface area contributed by atoms with Crippen LogP contribution < -0.4 is 0 Å². The summed E-state index contributed by atoms with van der Waals surface area (Å²) in [5.41, 5.74) is 21.7. The molecule has 0 amide bonds. The fourth-order valence-corrected chi connectivity index (χ4v) is 11.7. The average molecular weight is 1320 g/mol. The van der Waals surface area contributed by atoms with E-state index in [9.17, 15) is 0 Å². The summed E-state index contributed by atoms with van der Waals surface area (Å²) in [5.74, 6) is 0. The van der Waals surface area contributed by atoms with Gasteiger partial charge in [0.2, 0.25) is 0 Å². The van der Waals surface area contributed by atoms with Crippen LogP contribution in [-0.2, 0) is 39.4 Å². The van der Waals surface area contributed by atoms with E-state index in [-0.39, 0.29) is 20.1 Å². The van der Waals surface area contributed by atoms with Crippen LogP contribution >= 0.6 is 0 Å². The Hall–Kier alpha value is -9.52. The number of aryl methyl sites for hydroxylation is 3. The van der Waals surface area contributed by atoms with Crippen molar-refractivity contribution in [1.82, 2.24) is 15.0 Å². The van der Waals surface area contributed by atoms with E-state index in [1.807, 2.05) is 73.2 Å². The van der Waals surface area contributed by atoms with E-state index in [1.165, 1.54) is 71.9 Å². The molecule has 0 bridgehead atoms. The summed E-state index contributed by atoms with van der Waals surface area (Å²) in [7, 11) is 0. The van der Waals surface area contributed by atoms with Crippen LogP contribution in [0.5, 0.6) is 0 Å². The first kappa shape index (κ1) is 58.8. The molecule has 7 heteroatoms. The first-order valence-corrected chi connectivity index (χ1v) is 30.6. The fraction of sp³-hybridized carbons (Fsp3) is 0.148. The van der Waals surface area contributed by atoms with Gasteiger partial charge in [0.15, 0.2) is 0 Å². The number of pyridine rings is 3. The maximum atomic E-state index is 6.33. The molecule has 0 aliphatic carbocycles. The molecule has 15 aromatic rings. The van der Waals surface area contributed by atoms with Gasteiger partial charge in [-0.2, -0.15) is 0 Å². The van der Waals surface area contributed by atoms with Crippen molar-refractivity contribution < 1.29 is 33.4 Å². The molecule has 0 saturated carbocycles. The van der Waals surface area contributed by atoms with Crippen LogP contribution in [0.25, 0.3) is 133 Å². The molecule has 0 spiro atoms. The van der Waals surface area contributed by atoms with Gasteiger partial charge in [0.25, 0.3) is 0 Å². The Balaban J connectivity index is 0.000000128. The van der Waals surface area contributed by atoms with Crippen LogP contribution in [0.2, 0.25) is 0 Å². The van der Waals surface area contributed by atoms with Crippen LogP contribution in [0, 0.1) is 18.2 Å². The maximum Gasteiger partial charge on any atom is 3.00 e. The molecule has 0 aliphatic heterocycles. The second kappa shape index (κ2) is 27.5. The van der Waals surface area contributed by atoms with Gasteiger partial charge in [-0.1, -0.05) is 218 Å². The van der Waals surface area contributed by atoms with Gasteiger partial charge in [-0.15, -0.1) is 54.6 Å². The predicted molar refractivity (Wildman–Crippen MR) is 360 cm³/mol. The normalized spacial score (nSPS) is 11.2. The third-order valence-corrected chi connectivity index (χ3v) is 16.3. The molecule has 432 valence electrons. The number of hydrogen-bond acceptors (Lipinski definition) is 6. The first-order chi connectivity index (χ1) is 43.0. The molecule has 0 radical (unpaired) electrons. The van der Waals surface area contributed by atoms with Crippen molar-refractivity contribution in [3.05, 3.63) is 272 Å². The standard InChI is InChI=1S/3C27H22NO.Ir/c3*1-2-3-8-19-13-14-22-23-11-7-12-24(27(23)29-26(22)17-19)25-18-21(15-16-28-25)20-9-5-4-6-10-20;/h3*4-7,9-11,13-18H,2-3,8H2,1H3;/q3*-1;+3. The number of furan rings is 3. The van der Waals surface area contributed by atoms with Gasteiger partial charge in [0, 0.05) is 34.7 Å². The molecule has 6 nitrogen and oxygen atoms in total. The van der Waals surface area contributed by atoms with Crippen molar-refractivity contribution >= 4 is 65.8 Å². The van der Waals surface area contributed by atoms with Crippen LogP contribution in [0.15, 0.2) is 250 Å². The van der Waals surface area contributed by atoms with Gasteiger partial charge in [-0.05, 0) is 142 Å². The van der Waals surface area contributed by atoms with E-state index in [0.717, 1.165) is 136 Å². The summed E-state index contributed by atoms with van der Waals surface area (Å²) in [6, 6.07) is 85.5. The predicted octanol–water partition coefficient (Wildman–Crippen LogP) is 22.4. The molecule has 9 aromatic carbocycles.